The number of carbonyl (C=O) groups is 1. The number of aliphatic hydroxyl groups is 1. The maximum absolute atomic E-state index is 11.5. The fourth-order valence-electron chi connectivity index (χ4n) is 2.89. The monoisotopic (exact) mass is 411 g/mol. The second-order valence-electron chi connectivity index (χ2n) is 6.78. The van der Waals surface area contributed by atoms with Crippen LogP contribution in [0.5, 0.6) is 5.75 Å². The Balaban J connectivity index is 1.60. The van der Waals surface area contributed by atoms with Gasteiger partial charge in [-0.2, -0.15) is 0 Å². The lowest BCUT2D eigenvalue weighted by Crippen LogP contribution is -2.20. The number of aromatic nitrogens is 3. The Morgan fingerprint density at radius 2 is 2.00 bits per heavy atom. The molecule has 0 radical (unpaired) electrons. The summed E-state index contributed by atoms with van der Waals surface area (Å²) in [6, 6.07) is 15.1. The summed E-state index contributed by atoms with van der Waals surface area (Å²) < 4.78 is 7.68. The van der Waals surface area contributed by atoms with E-state index in [4.69, 9.17) is 4.74 Å². The molecule has 0 aliphatic heterocycles. The summed E-state index contributed by atoms with van der Waals surface area (Å²) >= 11 is 1.45. The molecule has 152 valence electrons. The Hall–Kier alpha value is -2.64. The molecule has 0 saturated carbocycles. The number of nitrogens with zero attached hydrogens (tertiary/aromatic N) is 3. The highest BCUT2D eigenvalue weighted by molar-refractivity contribution is 7.99. The lowest BCUT2D eigenvalue weighted by molar-refractivity contribution is 0.101. The van der Waals surface area contributed by atoms with Crippen molar-refractivity contribution in [2.45, 2.75) is 38.6 Å². The third-order valence-corrected chi connectivity index (χ3v) is 5.51. The van der Waals surface area contributed by atoms with Crippen molar-refractivity contribution in [2.24, 2.45) is 0 Å². The van der Waals surface area contributed by atoms with E-state index in [1.807, 2.05) is 36.6 Å². The number of hydrogen-bond acceptors (Lipinski definition) is 6. The Morgan fingerprint density at radius 3 is 2.72 bits per heavy atom. The second-order valence-corrected chi connectivity index (χ2v) is 7.77. The van der Waals surface area contributed by atoms with Gasteiger partial charge in [-0.3, -0.25) is 4.79 Å². The van der Waals surface area contributed by atoms with Gasteiger partial charge in [0, 0.05) is 23.4 Å². The maximum Gasteiger partial charge on any atom is 0.191 e. The third kappa shape index (κ3) is 5.46. The van der Waals surface area contributed by atoms with E-state index in [1.54, 1.807) is 24.3 Å². The maximum atomic E-state index is 11.5. The molecule has 29 heavy (non-hydrogen) atoms. The summed E-state index contributed by atoms with van der Waals surface area (Å²) in [6.07, 6.45) is -0.676. The second kappa shape index (κ2) is 9.71. The number of thioether (sulfide) groups is 1. The summed E-state index contributed by atoms with van der Waals surface area (Å²) in [6.45, 7) is 6.49. The van der Waals surface area contributed by atoms with Gasteiger partial charge < -0.3 is 14.4 Å². The minimum absolute atomic E-state index is 0.0186. The molecular formula is C22H25N3O3S. The Kier molecular flexibility index (Phi) is 7.06. The number of aryl methyl sites for hydroxylation is 1. The molecule has 0 amide bonds. The van der Waals surface area contributed by atoms with Gasteiger partial charge in [-0.1, -0.05) is 47.7 Å². The average molecular weight is 412 g/mol. The normalized spacial score (nSPS) is 12.0. The van der Waals surface area contributed by atoms with Gasteiger partial charge in [0.15, 0.2) is 16.8 Å². The van der Waals surface area contributed by atoms with Crippen LogP contribution in [0.2, 0.25) is 0 Å². The van der Waals surface area contributed by atoms with Crippen LogP contribution < -0.4 is 4.74 Å². The smallest absolute Gasteiger partial charge is 0.191 e. The first kappa shape index (κ1) is 21.1. The summed E-state index contributed by atoms with van der Waals surface area (Å²) in [4.78, 5) is 11.5. The standard InChI is InChI=1S/C22H25N3O3S/c1-4-25-21(18-9-5-7-15(2)11-18)23-24-22(25)29-14-19(27)13-28-20-10-6-8-17(12-20)16(3)26/h5-12,19,27H,4,13-14H2,1-3H3. The Labute approximate surface area is 174 Å². The Morgan fingerprint density at radius 1 is 1.21 bits per heavy atom. The largest absolute Gasteiger partial charge is 0.491 e. The van der Waals surface area contributed by atoms with E-state index in [9.17, 15) is 9.90 Å². The molecule has 6 nitrogen and oxygen atoms in total. The third-order valence-electron chi connectivity index (χ3n) is 4.40. The molecule has 0 spiro atoms. The lowest BCUT2D eigenvalue weighted by atomic mass is 10.1. The van der Waals surface area contributed by atoms with Crippen molar-refractivity contribution in [1.82, 2.24) is 14.8 Å². The highest BCUT2D eigenvalue weighted by Gasteiger charge is 2.15. The summed E-state index contributed by atoms with van der Waals surface area (Å²) in [5, 5.41) is 19.7. The fourth-order valence-corrected chi connectivity index (χ4v) is 3.80. The average Bonchev–Trinajstić information content (AvgIpc) is 3.14. The van der Waals surface area contributed by atoms with Crippen LogP contribution in [-0.4, -0.2) is 44.1 Å². The van der Waals surface area contributed by atoms with Gasteiger partial charge in [0.1, 0.15) is 12.4 Å². The number of rotatable bonds is 9. The molecule has 3 aromatic rings. The van der Waals surface area contributed by atoms with Gasteiger partial charge in [0.05, 0.1) is 6.10 Å². The zero-order chi connectivity index (χ0) is 20.8. The molecule has 1 N–H and O–H groups in total. The van der Waals surface area contributed by atoms with E-state index in [0.717, 1.165) is 23.1 Å². The van der Waals surface area contributed by atoms with E-state index >= 15 is 0 Å². The first-order chi connectivity index (χ1) is 14.0. The molecule has 7 heteroatoms. The van der Waals surface area contributed by atoms with Crippen molar-refractivity contribution >= 4 is 17.5 Å². The number of ketones is 1. The molecule has 0 aliphatic carbocycles. The number of hydrogen-bond donors (Lipinski definition) is 1. The van der Waals surface area contributed by atoms with Crippen molar-refractivity contribution in [3.05, 3.63) is 59.7 Å². The number of benzene rings is 2. The van der Waals surface area contributed by atoms with E-state index in [2.05, 4.69) is 16.3 Å². The summed E-state index contributed by atoms with van der Waals surface area (Å²) in [7, 11) is 0. The Bertz CT molecular complexity index is 987. The van der Waals surface area contributed by atoms with E-state index in [-0.39, 0.29) is 12.4 Å². The van der Waals surface area contributed by atoms with Crippen LogP contribution in [0, 0.1) is 6.92 Å². The van der Waals surface area contributed by atoms with E-state index in [1.165, 1.54) is 24.2 Å². The quantitative estimate of drug-likeness (QED) is 0.423. The van der Waals surface area contributed by atoms with Crippen molar-refractivity contribution < 1.29 is 14.6 Å². The van der Waals surface area contributed by atoms with Gasteiger partial charge >= 0.3 is 0 Å². The molecule has 0 aliphatic rings. The van der Waals surface area contributed by atoms with Crippen LogP contribution in [0.1, 0.15) is 29.8 Å². The predicted octanol–water partition coefficient (Wildman–Crippen LogP) is 4.01. The number of Topliss-reactive ketones (excluding diaryl/α,β-unsaturated/α-hetero) is 1. The van der Waals surface area contributed by atoms with E-state index in [0.29, 0.717) is 17.1 Å². The zero-order valence-electron chi connectivity index (χ0n) is 16.8. The van der Waals surface area contributed by atoms with Crippen LogP contribution >= 0.6 is 11.8 Å². The van der Waals surface area contributed by atoms with Gasteiger partial charge in [0.25, 0.3) is 0 Å². The molecule has 1 heterocycles. The van der Waals surface area contributed by atoms with Crippen LogP contribution in [0.15, 0.2) is 53.7 Å². The first-order valence-electron chi connectivity index (χ1n) is 9.52. The molecule has 1 unspecified atom stereocenters. The number of ether oxygens (including phenoxy) is 1. The number of carbonyl (C=O) groups excluding carboxylic acids is 1. The van der Waals surface area contributed by atoms with Crippen molar-refractivity contribution in [1.29, 1.82) is 0 Å². The summed E-state index contributed by atoms with van der Waals surface area (Å²) in [5.41, 5.74) is 2.79. The molecule has 3 rings (SSSR count). The molecule has 1 aromatic heterocycles. The lowest BCUT2D eigenvalue weighted by Gasteiger charge is -2.13. The van der Waals surface area contributed by atoms with Crippen LogP contribution in [0.25, 0.3) is 11.4 Å². The summed E-state index contributed by atoms with van der Waals surface area (Å²) in [5.74, 6) is 1.80. The zero-order valence-corrected chi connectivity index (χ0v) is 17.6. The molecule has 0 saturated heterocycles. The minimum atomic E-state index is -0.676. The van der Waals surface area contributed by atoms with Gasteiger partial charge in [0.2, 0.25) is 0 Å². The minimum Gasteiger partial charge on any atom is -0.491 e. The molecule has 1 atom stereocenters. The van der Waals surface area contributed by atoms with Gasteiger partial charge in [-0.05, 0) is 39.0 Å². The predicted molar refractivity (Wildman–Crippen MR) is 115 cm³/mol. The van der Waals surface area contributed by atoms with E-state index < -0.39 is 6.10 Å². The fraction of sp³-hybridized carbons (Fsp3) is 0.318. The van der Waals surface area contributed by atoms with Crippen LogP contribution in [0.4, 0.5) is 0 Å². The topological polar surface area (TPSA) is 77.2 Å². The molecule has 0 fully saturated rings. The highest BCUT2D eigenvalue weighted by atomic mass is 32.2. The van der Waals surface area contributed by atoms with Crippen molar-refractivity contribution in [3.8, 4) is 17.1 Å². The molecular weight excluding hydrogens is 386 g/mol. The van der Waals surface area contributed by atoms with Crippen molar-refractivity contribution in [3.63, 3.8) is 0 Å². The van der Waals surface area contributed by atoms with Crippen LogP contribution in [-0.2, 0) is 6.54 Å². The van der Waals surface area contributed by atoms with Crippen LogP contribution in [0.3, 0.4) is 0 Å². The van der Waals surface area contributed by atoms with Gasteiger partial charge in [-0.25, -0.2) is 0 Å². The number of aliphatic hydroxyl groups excluding tert-OH is 1. The van der Waals surface area contributed by atoms with Gasteiger partial charge in [-0.15, -0.1) is 10.2 Å². The molecule has 2 aromatic carbocycles. The molecule has 0 bridgehead atoms. The highest BCUT2D eigenvalue weighted by Crippen LogP contribution is 2.25. The van der Waals surface area contributed by atoms with Crippen molar-refractivity contribution in [2.75, 3.05) is 12.4 Å². The SMILES string of the molecule is CCn1c(SCC(O)COc2cccc(C(C)=O)c2)nnc1-c1cccc(C)c1. The first-order valence-corrected chi connectivity index (χ1v) is 10.5.